The van der Waals surface area contributed by atoms with Crippen molar-refractivity contribution >= 4 is 28.0 Å². The molecule has 0 N–H and O–H groups in total. The van der Waals surface area contributed by atoms with Gasteiger partial charge in [0.1, 0.15) is 10.4 Å². The Kier molecular flexibility index (Phi) is 6.30. The summed E-state index contributed by atoms with van der Waals surface area (Å²) in [7, 11) is 1.39. The van der Waals surface area contributed by atoms with Crippen molar-refractivity contribution in [3.05, 3.63) is 0 Å². The van der Waals surface area contributed by atoms with Gasteiger partial charge in [-0.25, -0.2) is 4.79 Å². The molecule has 0 aliphatic carbocycles. The highest BCUT2D eigenvalue weighted by Crippen LogP contribution is 2.26. The monoisotopic (exact) mass is 349 g/mol. The topological polar surface area (TPSA) is 55.8 Å². The molecule has 0 aromatic rings. The SMILES string of the molecule is COC(=O)C(Br)CC1CCN(C(=O)OC(C)(C)C)CC1. The first-order chi connectivity index (χ1) is 9.23. The third-order valence-corrected chi connectivity index (χ3v) is 4.01. The van der Waals surface area contributed by atoms with Crippen LogP contribution in [0.25, 0.3) is 0 Å². The van der Waals surface area contributed by atoms with Gasteiger partial charge in [0.05, 0.1) is 7.11 Å². The first-order valence-electron chi connectivity index (χ1n) is 6.92. The molecule has 1 fully saturated rings. The van der Waals surface area contributed by atoms with Gasteiger partial charge in [0.2, 0.25) is 0 Å². The molecule has 1 aliphatic heterocycles. The quantitative estimate of drug-likeness (QED) is 0.580. The van der Waals surface area contributed by atoms with Gasteiger partial charge in [-0.15, -0.1) is 0 Å². The maximum atomic E-state index is 11.9. The van der Waals surface area contributed by atoms with Gasteiger partial charge in [0.15, 0.2) is 0 Å². The van der Waals surface area contributed by atoms with Gasteiger partial charge < -0.3 is 14.4 Å². The number of alkyl halides is 1. The Morgan fingerprint density at radius 3 is 2.30 bits per heavy atom. The van der Waals surface area contributed by atoms with E-state index in [1.165, 1.54) is 7.11 Å². The van der Waals surface area contributed by atoms with Gasteiger partial charge in [-0.3, -0.25) is 4.79 Å². The van der Waals surface area contributed by atoms with Crippen LogP contribution in [0.4, 0.5) is 4.79 Å². The molecular weight excluding hydrogens is 326 g/mol. The van der Waals surface area contributed by atoms with Crippen LogP contribution < -0.4 is 0 Å². The van der Waals surface area contributed by atoms with Crippen LogP contribution in [-0.4, -0.2) is 47.6 Å². The second-order valence-electron chi connectivity index (χ2n) is 6.14. The maximum Gasteiger partial charge on any atom is 0.410 e. The van der Waals surface area contributed by atoms with Gasteiger partial charge in [0, 0.05) is 13.1 Å². The number of amides is 1. The second kappa shape index (κ2) is 7.29. The summed E-state index contributed by atoms with van der Waals surface area (Å²) in [5, 5.41) is 0. The predicted octanol–water partition coefficient (Wildman–Crippen LogP) is 2.96. The summed E-state index contributed by atoms with van der Waals surface area (Å²) in [5.74, 6) is 0.191. The lowest BCUT2D eigenvalue weighted by Crippen LogP contribution is -2.42. The third-order valence-electron chi connectivity index (χ3n) is 3.26. The Bertz CT molecular complexity index is 346. The zero-order valence-corrected chi connectivity index (χ0v) is 14.2. The fourth-order valence-corrected chi connectivity index (χ4v) is 2.91. The highest BCUT2D eigenvalue weighted by molar-refractivity contribution is 9.10. The largest absolute Gasteiger partial charge is 0.468 e. The van der Waals surface area contributed by atoms with Crippen molar-refractivity contribution < 1.29 is 19.1 Å². The lowest BCUT2D eigenvalue weighted by atomic mass is 9.92. The van der Waals surface area contributed by atoms with Crippen LogP contribution in [0.15, 0.2) is 0 Å². The Morgan fingerprint density at radius 1 is 1.30 bits per heavy atom. The lowest BCUT2D eigenvalue weighted by Gasteiger charge is -2.33. The van der Waals surface area contributed by atoms with Crippen LogP contribution in [-0.2, 0) is 14.3 Å². The van der Waals surface area contributed by atoms with Gasteiger partial charge in [-0.2, -0.15) is 0 Å². The average Bonchev–Trinajstić information content (AvgIpc) is 2.36. The van der Waals surface area contributed by atoms with Crippen molar-refractivity contribution in [1.82, 2.24) is 4.90 Å². The molecule has 0 aromatic carbocycles. The number of halogens is 1. The minimum atomic E-state index is -0.459. The molecule has 1 amide bonds. The first-order valence-corrected chi connectivity index (χ1v) is 7.84. The zero-order chi connectivity index (χ0) is 15.3. The lowest BCUT2D eigenvalue weighted by molar-refractivity contribution is -0.140. The second-order valence-corrected chi connectivity index (χ2v) is 7.24. The molecule has 20 heavy (non-hydrogen) atoms. The number of esters is 1. The van der Waals surface area contributed by atoms with Crippen LogP contribution in [0.1, 0.15) is 40.0 Å². The van der Waals surface area contributed by atoms with E-state index in [1.54, 1.807) is 4.90 Å². The normalized spacial score (nSPS) is 18.6. The smallest absolute Gasteiger partial charge is 0.410 e. The van der Waals surface area contributed by atoms with Gasteiger partial charge in [-0.05, 0) is 46.0 Å². The Morgan fingerprint density at radius 2 is 1.85 bits per heavy atom. The minimum absolute atomic E-state index is 0.237. The molecule has 116 valence electrons. The molecule has 1 rings (SSSR count). The molecular formula is C14H24BrNO4. The summed E-state index contributed by atoms with van der Waals surface area (Å²) < 4.78 is 10.1. The molecule has 1 unspecified atom stereocenters. The van der Waals surface area contributed by atoms with E-state index in [9.17, 15) is 9.59 Å². The standard InChI is InChI=1S/C14H24BrNO4/c1-14(2,3)20-13(18)16-7-5-10(6-8-16)9-11(15)12(17)19-4/h10-11H,5-9H2,1-4H3. The van der Waals surface area contributed by atoms with E-state index in [4.69, 9.17) is 9.47 Å². The van der Waals surface area contributed by atoms with Gasteiger partial charge >= 0.3 is 12.1 Å². The molecule has 1 heterocycles. The number of likely N-dealkylation sites (tertiary alicyclic amines) is 1. The van der Waals surface area contributed by atoms with Crippen LogP contribution in [0.3, 0.4) is 0 Å². The average molecular weight is 350 g/mol. The number of hydrogen-bond acceptors (Lipinski definition) is 4. The minimum Gasteiger partial charge on any atom is -0.468 e. The number of methoxy groups -OCH3 is 1. The number of ether oxygens (including phenoxy) is 2. The molecule has 5 nitrogen and oxygen atoms in total. The molecule has 0 radical (unpaired) electrons. The Labute approximate surface area is 129 Å². The molecule has 1 atom stereocenters. The summed E-state index contributed by atoms with van der Waals surface area (Å²) in [6.07, 6.45) is 2.27. The summed E-state index contributed by atoms with van der Waals surface area (Å²) in [4.78, 5) is 24.8. The van der Waals surface area contributed by atoms with E-state index in [0.29, 0.717) is 19.0 Å². The van der Waals surface area contributed by atoms with Gasteiger partial charge in [-0.1, -0.05) is 15.9 Å². The van der Waals surface area contributed by atoms with E-state index in [2.05, 4.69) is 15.9 Å². The van der Waals surface area contributed by atoms with Crippen molar-refractivity contribution in [3.63, 3.8) is 0 Å². The number of piperidine rings is 1. The van der Waals surface area contributed by atoms with Crippen molar-refractivity contribution in [2.24, 2.45) is 5.92 Å². The fourth-order valence-electron chi connectivity index (χ4n) is 2.19. The van der Waals surface area contributed by atoms with E-state index in [0.717, 1.165) is 19.3 Å². The summed E-state index contributed by atoms with van der Waals surface area (Å²) in [5.41, 5.74) is -0.459. The number of nitrogens with zero attached hydrogens (tertiary/aromatic N) is 1. The first kappa shape index (κ1) is 17.3. The van der Waals surface area contributed by atoms with Crippen LogP contribution in [0, 0.1) is 5.92 Å². The summed E-state index contributed by atoms with van der Waals surface area (Å²) in [6.45, 7) is 6.96. The zero-order valence-electron chi connectivity index (χ0n) is 12.6. The molecule has 0 spiro atoms. The molecule has 1 aliphatic rings. The third kappa shape index (κ3) is 5.69. The van der Waals surface area contributed by atoms with Crippen molar-refractivity contribution in [1.29, 1.82) is 0 Å². The van der Waals surface area contributed by atoms with Crippen LogP contribution in [0.2, 0.25) is 0 Å². The van der Waals surface area contributed by atoms with Crippen LogP contribution in [0.5, 0.6) is 0 Å². The number of carbonyl (C=O) groups is 2. The highest BCUT2D eigenvalue weighted by atomic mass is 79.9. The van der Waals surface area contributed by atoms with E-state index in [1.807, 2.05) is 20.8 Å². The molecule has 1 saturated heterocycles. The maximum absolute atomic E-state index is 11.9. The summed E-state index contributed by atoms with van der Waals surface area (Å²) in [6, 6.07) is 0. The predicted molar refractivity (Wildman–Crippen MR) is 79.9 cm³/mol. The fraction of sp³-hybridized carbons (Fsp3) is 0.857. The van der Waals surface area contributed by atoms with Crippen molar-refractivity contribution in [3.8, 4) is 0 Å². The van der Waals surface area contributed by atoms with Crippen molar-refractivity contribution in [2.45, 2.75) is 50.5 Å². The van der Waals surface area contributed by atoms with E-state index >= 15 is 0 Å². The van der Waals surface area contributed by atoms with Gasteiger partial charge in [0.25, 0.3) is 0 Å². The number of hydrogen-bond donors (Lipinski definition) is 0. The number of rotatable bonds is 3. The number of carbonyl (C=O) groups excluding carboxylic acids is 2. The molecule has 0 aromatic heterocycles. The Hall–Kier alpha value is -0.780. The highest BCUT2D eigenvalue weighted by Gasteiger charge is 2.29. The molecule has 6 heteroatoms. The summed E-state index contributed by atoms with van der Waals surface area (Å²) >= 11 is 3.34. The van der Waals surface area contributed by atoms with Crippen molar-refractivity contribution in [2.75, 3.05) is 20.2 Å². The Balaban J connectivity index is 2.36. The van der Waals surface area contributed by atoms with Crippen LogP contribution >= 0.6 is 15.9 Å². The van der Waals surface area contributed by atoms with E-state index < -0.39 is 5.60 Å². The molecule has 0 bridgehead atoms. The van der Waals surface area contributed by atoms with E-state index in [-0.39, 0.29) is 16.9 Å². The molecule has 0 saturated carbocycles.